The topological polar surface area (TPSA) is 72.8 Å². The zero-order valence-electron chi connectivity index (χ0n) is 19.4. The number of aldehydes is 1. The van der Waals surface area contributed by atoms with Crippen LogP contribution < -0.4 is 9.47 Å². The molecule has 0 heterocycles. The van der Waals surface area contributed by atoms with E-state index in [2.05, 4.69) is 19.1 Å². The molecule has 0 atom stereocenters. The molecule has 5 nitrogen and oxygen atoms in total. The fraction of sp³-hybridized carbons (Fsp3) is 0.615. The summed E-state index contributed by atoms with van der Waals surface area (Å²) in [4.78, 5) is 23.3. The second-order valence-corrected chi connectivity index (χ2v) is 7.96. The predicted molar refractivity (Wildman–Crippen MR) is 125 cm³/mol. The molecule has 1 aromatic carbocycles. The van der Waals surface area contributed by atoms with Crippen molar-refractivity contribution >= 4 is 12.3 Å². The zero-order chi connectivity index (χ0) is 22.7. The first kappa shape index (κ1) is 26.7. The summed E-state index contributed by atoms with van der Waals surface area (Å²) in [6, 6.07) is 2.74. The number of allylic oxidation sites excluding steroid dienone is 2. The van der Waals surface area contributed by atoms with Gasteiger partial charge < -0.3 is 14.6 Å². The average Bonchev–Trinajstić information content (AvgIpc) is 2.77. The van der Waals surface area contributed by atoms with Gasteiger partial charge >= 0.3 is 5.97 Å². The molecule has 5 heteroatoms. The smallest absolute Gasteiger partial charge is 0.311 e. The number of ether oxygens (including phenoxy) is 2. The summed E-state index contributed by atoms with van der Waals surface area (Å²) in [5, 5.41) is 9.80. The average molecular weight is 433 g/mol. The SMILES string of the molecule is CCCCCCCC/C=C\CCCCCCCC(=O)Oc1c(C=O)ccc(O)c1OC. The summed E-state index contributed by atoms with van der Waals surface area (Å²) in [5.41, 5.74) is 0.174. The minimum Gasteiger partial charge on any atom is -0.504 e. The molecule has 31 heavy (non-hydrogen) atoms. The van der Waals surface area contributed by atoms with Crippen molar-refractivity contribution < 1.29 is 24.2 Å². The summed E-state index contributed by atoms with van der Waals surface area (Å²) in [7, 11) is 1.35. The molecule has 0 saturated carbocycles. The summed E-state index contributed by atoms with van der Waals surface area (Å²) in [6.07, 6.45) is 21.0. The highest BCUT2D eigenvalue weighted by atomic mass is 16.6. The van der Waals surface area contributed by atoms with Gasteiger partial charge in [0.05, 0.1) is 12.7 Å². The number of carbonyl (C=O) groups is 2. The van der Waals surface area contributed by atoms with E-state index in [0.29, 0.717) is 6.29 Å². The van der Waals surface area contributed by atoms with Crippen molar-refractivity contribution in [1.29, 1.82) is 0 Å². The highest BCUT2D eigenvalue weighted by Crippen LogP contribution is 2.38. The van der Waals surface area contributed by atoms with E-state index < -0.39 is 5.97 Å². The number of aromatic hydroxyl groups is 1. The van der Waals surface area contributed by atoms with E-state index in [1.165, 1.54) is 70.6 Å². The van der Waals surface area contributed by atoms with Crippen LogP contribution in [-0.2, 0) is 4.79 Å². The Morgan fingerprint density at radius 2 is 1.45 bits per heavy atom. The number of methoxy groups -OCH3 is 1. The molecule has 0 aliphatic heterocycles. The Balaban J connectivity index is 2.10. The van der Waals surface area contributed by atoms with Gasteiger partial charge in [0.15, 0.2) is 17.8 Å². The first-order valence-corrected chi connectivity index (χ1v) is 11.8. The van der Waals surface area contributed by atoms with Crippen LogP contribution in [0.4, 0.5) is 0 Å². The van der Waals surface area contributed by atoms with Gasteiger partial charge in [-0.15, -0.1) is 0 Å². The van der Waals surface area contributed by atoms with Crippen LogP contribution in [-0.4, -0.2) is 24.5 Å². The largest absolute Gasteiger partial charge is 0.504 e. The molecule has 0 unspecified atom stereocenters. The van der Waals surface area contributed by atoms with Crippen LogP contribution in [0.5, 0.6) is 17.2 Å². The number of rotatable bonds is 18. The predicted octanol–water partition coefficient (Wildman–Crippen LogP) is 7.16. The fourth-order valence-corrected chi connectivity index (χ4v) is 3.47. The monoisotopic (exact) mass is 432 g/mol. The van der Waals surface area contributed by atoms with Crippen LogP contribution in [0.2, 0.25) is 0 Å². The summed E-state index contributed by atoms with van der Waals surface area (Å²) < 4.78 is 10.4. The van der Waals surface area contributed by atoms with Crippen molar-refractivity contribution in [2.75, 3.05) is 7.11 Å². The van der Waals surface area contributed by atoms with Gasteiger partial charge in [0.2, 0.25) is 5.75 Å². The molecule has 0 saturated heterocycles. The lowest BCUT2D eigenvalue weighted by molar-refractivity contribution is -0.134. The standard InChI is InChI=1S/C26H40O5/c1-3-4-5-6-7-8-9-10-11-12-13-14-15-16-17-18-24(29)31-25-22(21-27)19-20-23(28)26(25)30-2/h10-11,19-21,28H,3-9,12-18H2,1-2H3/b11-10-. The third-order valence-corrected chi connectivity index (χ3v) is 5.31. The lowest BCUT2D eigenvalue weighted by atomic mass is 10.1. The van der Waals surface area contributed by atoms with Gasteiger partial charge in [0.1, 0.15) is 0 Å². The number of esters is 1. The Hall–Kier alpha value is -2.30. The van der Waals surface area contributed by atoms with E-state index in [0.717, 1.165) is 32.1 Å². The molecule has 0 amide bonds. The van der Waals surface area contributed by atoms with Crippen molar-refractivity contribution in [3.63, 3.8) is 0 Å². The van der Waals surface area contributed by atoms with Gasteiger partial charge in [0.25, 0.3) is 0 Å². The minimum atomic E-state index is -0.426. The fourth-order valence-electron chi connectivity index (χ4n) is 3.47. The molecule has 0 bridgehead atoms. The second-order valence-electron chi connectivity index (χ2n) is 7.96. The quantitative estimate of drug-likeness (QED) is 0.0876. The molecule has 0 radical (unpaired) electrons. The highest BCUT2D eigenvalue weighted by Gasteiger charge is 2.18. The molecular formula is C26H40O5. The number of benzene rings is 1. The van der Waals surface area contributed by atoms with Crippen LogP contribution in [0.25, 0.3) is 0 Å². The van der Waals surface area contributed by atoms with Gasteiger partial charge in [-0.25, -0.2) is 0 Å². The van der Waals surface area contributed by atoms with Crippen LogP contribution >= 0.6 is 0 Å². The first-order valence-electron chi connectivity index (χ1n) is 11.8. The van der Waals surface area contributed by atoms with Crippen LogP contribution in [0, 0.1) is 0 Å². The number of phenols is 1. The number of carbonyl (C=O) groups excluding carboxylic acids is 2. The van der Waals surface area contributed by atoms with E-state index in [9.17, 15) is 14.7 Å². The van der Waals surface area contributed by atoms with E-state index >= 15 is 0 Å². The molecule has 1 rings (SSSR count). The number of hydrogen-bond donors (Lipinski definition) is 1. The Morgan fingerprint density at radius 3 is 2.03 bits per heavy atom. The van der Waals surface area contributed by atoms with Crippen molar-refractivity contribution in [2.45, 2.75) is 96.8 Å². The molecule has 0 aromatic heterocycles. The van der Waals surface area contributed by atoms with Gasteiger partial charge in [0, 0.05) is 6.42 Å². The van der Waals surface area contributed by atoms with Gasteiger partial charge in [-0.1, -0.05) is 70.4 Å². The third-order valence-electron chi connectivity index (χ3n) is 5.31. The maximum Gasteiger partial charge on any atom is 0.311 e. The normalized spacial score (nSPS) is 11.0. The maximum absolute atomic E-state index is 12.1. The first-order chi connectivity index (χ1) is 15.1. The Labute approximate surface area is 187 Å². The lowest BCUT2D eigenvalue weighted by Crippen LogP contribution is -2.10. The zero-order valence-corrected chi connectivity index (χ0v) is 19.4. The van der Waals surface area contributed by atoms with Gasteiger partial charge in [-0.05, 0) is 44.2 Å². The van der Waals surface area contributed by atoms with E-state index in [1.54, 1.807) is 0 Å². The Kier molecular flexibility index (Phi) is 15.0. The van der Waals surface area contributed by atoms with Crippen LogP contribution in [0.1, 0.15) is 107 Å². The van der Waals surface area contributed by atoms with Crippen molar-refractivity contribution in [3.05, 3.63) is 29.8 Å². The second kappa shape index (κ2) is 17.4. The van der Waals surface area contributed by atoms with Gasteiger partial charge in [-0.3, -0.25) is 9.59 Å². The third kappa shape index (κ3) is 11.6. The molecule has 0 fully saturated rings. The maximum atomic E-state index is 12.1. The Bertz CT molecular complexity index is 666. The van der Waals surface area contributed by atoms with E-state index in [4.69, 9.17) is 9.47 Å². The molecule has 0 aliphatic rings. The summed E-state index contributed by atoms with van der Waals surface area (Å²) in [6.45, 7) is 2.25. The molecule has 0 aliphatic carbocycles. The van der Waals surface area contributed by atoms with E-state index in [1.807, 2.05) is 0 Å². The Morgan fingerprint density at radius 1 is 0.871 bits per heavy atom. The van der Waals surface area contributed by atoms with E-state index in [-0.39, 0.29) is 29.2 Å². The van der Waals surface area contributed by atoms with Crippen molar-refractivity contribution in [3.8, 4) is 17.2 Å². The molecule has 1 aromatic rings. The summed E-state index contributed by atoms with van der Waals surface area (Å²) in [5.74, 6) is -0.612. The highest BCUT2D eigenvalue weighted by molar-refractivity contribution is 5.85. The lowest BCUT2D eigenvalue weighted by Gasteiger charge is -2.12. The number of hydrogen-bond acceptors (Lipinski definition) is 5. The molecule has 0 spiro atoms. The number of unbranched alkanes of at least 4 members (excludes halogenated alkanes) is 11. The molecule has 174 valence electrons. The molecular weight excluding hydrogens is 392 g/mol. The minimum absolute atomic E-state index is 0.00231. The van der Waals surface area contributed by atoms with Crippen LogP contribution in [0.15, 0.2) is 24.3 Å². The van der Waals surface area contributed by atoms with Crippen molar-refractivity contribution in [2.24, 2.45) is 0 Å². The van der Waals surface area contributed by atoms with Crippen molar-refractivity contribution in [1.82, 2.24) is 0 Å². The number of phenolic OH excluding ortho intramolecular Hbond substituents is 1. The van der Waals surface area contributed by atoms with Gasteiger partial charge in [-0.2, -0.15) is 0 Å². The molecule has 1 N–H and O–H groups in total. The van der Waals surface area contributed by atoms with Crippen LogP contribution in [0.3, 0.4) is 0 Å². The summed E-state index contributed by atoms with van der Waals surface area (Å²) >= 11 is 0.